The van der Waals surface area contributed by atoms with E-state index in [9.17, 15) is 9.18 Å². The molecule has 0 bridgehead atoms. The fourth-order valence-electron chi connectivity index (χ4n) is 4.37. The van der Waals surface area contributed by atoms with E-state index in [1.165, 1.54) is 6.07 Å². The fourth-order valence-corrected chi connectivity index (χ4v) is 4.37. The summed E-state index contributed by atoms with van der Waals surface area (Å²) in [5, 5.41) is 9.64. The van der Waals surface area contributed by atoms with Gasteiger partial charge in [-0.3, -0.25) is 4.79 Å². The highest BCUT2D eigenvalue weighted by Crippen LogP contribution is 2.32. The van der Waals surface area contributed by atoms with Gasteiger partial charge < -0.3 is 9.64 Å². The Morgan fingerprint density at radius 3 is 2.88 bits per heavy atom. The third-order valence-corrected chi connectivity index (χ3v) is 5.92. The molecule has 1 aliphatic heterocycles. The van der Waals surface area contributed by atoms with Crippen LogP contribution in [0, 0.1) is 18.7 Å². The molecule has 3 heterocycles. The molecule has 2 aromatic heterocycles. The van der Waals surface area contributed by atoms with E-state index in [1.807, 2.05) is 36.4 Å². The quantitative estimate of drug-likeness (QED) is 0.450. The van der Waals surface area contributed by atoms with Crippen molar-refractivity contribution in [1.82, 2.24) is 19.6 Å². The van der Waals surface area contributed by atoms with Crippen LogP contribution in [-0.2, 0) is 9.53 Å². The number of hydrogen-bond donors (Lipinski definition) is 0. The number of benzene rings is 2. The molecule has 164 valence electrons. The van der Waals surface area contributed by atoms with Gasteiger partial charge in [0.25, 0.3) is 0 Å². The number of carbonyl (C=O) groups excluding carboxylic acids is 1. The topological polar surface area (TPSA) is 72.6 Å². The van der Waals surface area contributed by atoms with Crippen LogP contribution in [0.2, 0.25) is 0 Å². The van der Waals surface area contributed by atoms with Gasteiger partial charge in [-0.2, -0.15) is 0 Å². The molecule has 0 radical (unpaired) electrons. The zero-order chi connectivity index (χ0) is 22.2. The van der Waals surface area contributed by atoms with Crippen molar-refractivity contribution in [3.63, 3.8) is 0 Å². The molecule has 1 aliphatic rings. The van der Waals surface area contributed by atoms with Gasteiger partial charge in [0.05, 0.1) is 23.6 Å². The Hall–Kier alpha value is -3.55. The largest absolute Gasteiger partial charge is 0.466 e. The smallest absolute Gasteiger partial charge is 0.310 e. The van der Waals surface area contributed by atoms with Gasteiger partial charge in [-0.25, -0.2) is 13.8 Å². The van der Waals surface area contributed by atoms with Crippen LogP contribution in [0.3, 0.4) is 0 Å². The summed E-state index contributed by atoms with van der Waals surface area (Å²) in [4.78, 5) is 19.4. The second-order valence-corrected chi connectivity index (χ2v) is 8.13. The Kier molecular flexibility index (Phi) is 5.20. The maximum atomic E-state index is 14.7. The van der Waals surface area contributed by atoms with Crippen LogP contribution < -0.4 is 4.90 Å². The van der Waals surface area contributed by atoms with Crippen LogP contribution >= 0.6 is 0 Å². The van der Waals surface area contributed by atoms with Crippen molar-refractivity contribution in [2.75, 3.05) is 24.6 Å². The Morgan fingerprint density at radius 2 is 2.06 bits per heavy atom. The van der Waals surface area contributed by atoms with Crippen molar-refractivity contribution in [2.24, 2.45) is 5.92 Å². The first-order valence-electron chi connectivity index (χ1n) is 10.9. The van der Waals surface area contributed by atoms with Crippen molar-refractivity contribution in [1.29, 1.82) is 0 Å². The van der Waals surface area contributed by atoms with Crippen LogP contribution in [0.4, 0.5) is 10.3 Å². The average molecular weight is 433 g/mol. The molecule has 7 nitrogen and oxygen atoms in total. The SMILES string of the molecule is CCOC(=O)[C@H]1CCCN(c2nc3ccc(C)cc3c3nnc(-c4ccccc4F)n23)C1. The summed E-state index contributed by atoms with van der Waals surface area (Å²) in [5.74, 6) is 0.196. The third kappa shape index (κ3) is 3.45. The zero-order valence-electron chi connectivity index (χ0n) is 18.1. The molecule has 32 heavy (non-hydrogen) atoms. The number of anilines is 1. The Bertz CT molecular complexity index is 1320. The minimum Gasteiger partial charge on any atom is -0.466 e. The Morgan fingerprint density at radius 1 is 1.22 bits per heavy atom. The van der Waals surface area contributed by atoms with Crippen LogP contribution in [0.5, 0.6) is 0 Å². The van der Waals surface area contributed by atoms with Gasteiger partial charge in [-0.1, -0.05) is 23.8 Å². The van der Waals surface area contributed by atoms with E-state index in [-0.39, 0.29) is 17.7 Å². The molecule has 8 heteroatoms. The maximum absolute atomic E-state index is 14.7. The van der Waals surface area contributed by atoms with E-state index < -0.39 is 0 Å². The molecule has 1 saturated heterocycles. The number of piperidine rings is 1. The van der Waals surface area contributed by atoms with E-state index in [2.05, 4.69) is 15.1 Å². The average Bonchev–Trinajstić information content (AvgIpc) is 3.24. The van der Waals surface area contributed by atoms with E-state index in [0.29, 0.717) is 36.1 Å². The van der Waals surface area contributed by atoms with Gasteiger partial charge in [0, 0.05) is 18.5 Å². The first kappa shape index (κ1) is 20.4. The lowest BCUT2D eigenvalue weighted by molar-refractivity contribution is -0.148. The first-order valence-corrected chi connectivity index (χ1v) is 10.9. The minimum atomic E-state index is -0.375. The normalized spacial score (nSPS) is 16.6. The van der Waals surface area contributed by atoms with Crippen molar-refractivity contribution < 1.29 is 13.9 Å². The summed E-state index contributed by atoms with van der Waals surface area (Å²) in [6, 6.07) is 12.5. The molecule has 5 rings (SSSR count). The molecule has 1 fully saturated rings. The van der Waals surface area contributed by atoms with E-state index in [4.69, 9.17) is 9.72 Å². The number of halogens is 1. The number of aromatic nitrogens is 4. The first-order chi connectivity index (χ1) is 15.6. The molecule has 0 saturated carbocycles. The molecule has 0 unspecified atom stereocenters. The molecule has 1 atom stereocenters. The number of nitrogens with zero attached hydrogens (tertiary/aromatic N) is 5. The lowest BCUT2D eigenvalue weighted by Crippen LogP contribution is -2.40. The van der Waals surface area contributed by atoms with Gasteiger partial charge in [0.15, 0.2) is 11.5 Å². The molecule has 0 N–H and O–H groups in total. The number of aryl methyl sites for hydroxylation is 1. The highest BCUT2D eigenvalue weighted by molar-refractivity contribution is 5.94. The van der Waals surface area contributed by atoms with Crippen LogP contribution in [-0.4, -0.2) is 45.2 Å². The summed E-state index contributed by atoms with van der Waals surface area (Å²) in [6.45, 7) is 5.38. The fraction of sp³-hybridized carbons (Fsp3) is 0.333. The summed E-state index contributed by atoms with van der Waals surface area (Å²) in [5.41, 5.74) is 2.83. The van der Waals surface area contributed by atoms with Crippen LogP contribution in [0.25, 0.3) is 27.9 Å². The minimum absolute atomic E-state index is 0.192. The van der Waals surface area contributed by atoms with Gasteiger partial charge in [-0.05, 0) is 51.0 Å². The van der Waals surface area contributed by atoms with E-state index in [0.717, 1.165) is 35.9 Å². The number of ether oxygens (including phenoxy) is 1. The zero-order valence-corrected chi connectivity index (χ0v) is 18.1. The van der Waals surface area contributed by atoms with Crippen molar-refractivity contribution >= 4 is 28.5 Å². The molecule has 2 aromatic carbocycles. The number of esters is 1. The standard InChI is InChI=1S/C24H24FN5O2/c1-3-32-23(31)16-7-6-12-29(14-16)24-26-20-11-10-15(2)13-18(20)22-28-27-21(30(22)24)17-8-4-5-9-19(17)25/h4-5,8-11,13,16H,3,6-7,12,14H2,1-2H3/t16-/m0/s1. The molecular weight excluding hydrogens is 409 g/mol. The predicted octanol–water partition coefficient (Wildman–Crippen LogP) is 4.17. The summed E-state index contributed by atoms with van der Waals surface area (Å²) in [7, 11) is 0. The predicted molar refractivity (Wildman–Crippen MR) is 120 cm³/mol. The second kappa shape index (κ2) is 8.18. The van der Waals surface area contributed by atoms with Gasteiger partial charge in [-0.15, -0.1) is 10.2 Å². The van der Waals surface area contributed by atoms with E-state index in [1.54, 1.807) is 18.2 Å². The highest BCUT2D eigenvalue weighted by Gasteiger charge is 2.30. The highest BCUT2D eigenvalue weighted by atomic mass is 19.1. The van der Waals surface area contributed by atoms with Crippen molar-refractivity contribution in [3.05, 3.63) is 53.8 Å². The van der Waals surface area contributed by atoms with Crippen molar-refractivity contribution in [2.45, 2.75) is 26.7 Å². The summed E-state index contributed by atoms with van der Waals surface area (Å²) in [6.07, 6.45) is 1.60. The molecular formula is C24H24FN5O2. The third-order valence-electron chi connectivity index (χ3n) is 5.92. The lowest BCUT2D eigenvalue weighted by Gasteiger charge is -2.32. The van der Waals surface area contributed by atoms with Gasteiger partial charge >= 0.3 is 5.97 Å². The number of rotatable bonds is 4. The molecule has 0 aliphatic carbocycles. The van der Waals surface area contributed by atoms with Gasteiger partial charge in [0.1, 0.15) is 5.82 Å². The van der Waals surface area contributed by atoms with Crippen molar-refractivity contribution in [3.8, 4) is 11.4 Å². The number of fused-ring (bicyclic) bond motifs is 3. The lowest BCUT2D eigenvalue weighted by atomic mass is 9.98. The summed E-state index contributed by atoms with van der Waals surface area (Å²) < 4.78 is 21.8. The molecule has 0 amide bonds. The second-order valence-electron chi connectivity index (χ2n) is 8.13. The number of carbonyl (C=O) groups is 1. The Labute approximate surface area is 184 Å². The monoisotopic (exact) mass is 433 g/mol. The molecule has 0 spiro atoms. The maximum Gasteiger partial charge on any atom is 0.310 e. The van der Waals surface area contributed by atoms with E-state index >= 15 is 0 Å². The Balaban J connectivity index is 1.72. The number of hydrogen-bond acceptors (Lipinski definition) is 6. The van der Waals surface area contributed by atoms with Crippen LogP contribution in [0.1, 0.15) is 25.3 Å². The van der Waals surface area contributed by atoms with Crippen LogP contribution in [0.15, 0.2) is 42.5 Å². The molecule has 4 aromatic rings. The van der Waals surface area contributed by atoms with Gasteiger partial charge in [0.2, 0.25) is 5.95 Å². The summed E-state index contributed by atoms with van der Waals surface area (Å²) >= 11 is 0.